The third-order valence-electron chi connectivity index (χ3n) is 4.41. The van der Waals surface area contributed by atoms with Crippen molar-refractivity contribution in [1.29, 1.82) is 0 Å². The van der Waals surface area contributed by atoms with Gasteiger partial charge in [0.1, 0.15) is 0 Å². The van der Waals surface area contributed by atoms with Crippen molar-refractivity contribution in [2.24, 2.45) is 5.41 Å². The molecule has 2 rings (SSSR count). The van der Waals surface area contributed by atoms with E-state index in [1.807, 2.05) is 0 Å². The lowest BCUT2D eigenvalue weighted by molar-refractivity contribution is 0.109. The van der Waals surface area contributed by atoms with E-state index in [4.69, 9.17) is 0 Å². The van der Waals surface area contributed by atoms with Crippen LogP contribution in [0.3, 0.4) is 0 Å². The van der Waals surface area contributed by atoms with Crippen molar-refractivity contribution in [3.8, 4) is 0 Å². The predicted octanol–water partition coefficient (Wildman–Crippen LogP) is 4.45. The van der Waals surface area contributed by atoms with Gasteiger partial charge in [0.2, 0.25) is 0 Å². The van der Waals surface area contributed by atoms with Crippen molar-refractivity contribution in [3.63, 3.8) is 0 Å². The number of hydrogen-bond donors (Lipinski definition) is 2. The van der Waals surface area contributed by atoms with Crippen molar-refractivity contribution < 1.29 is 5.11 Å². The highest BCUT2D eigenvalue weighted by atomic mass is 16.3. The number of benzene rings is 1. The summed E-state index contributed by atoms with van der Waals surface area (Å²) in [5, 5.41) is 14.1. The van der Waals surface area contributed by atoms with Crippen LogP contribution in [0.4, 0.5) is 0 Å². The van der Waals surface area contributed by atoms with E-state index >= 15 is 0 Å². The van der Waals surface area contributed by atoms with Crippen LogP contribution in [-0.2, 0) is 0 Å². The maximum Gasteiger partial charge on any atom is 0.0693 e. The van der Waals surface area contributed by atoms with Crippen LogP contribution >= 0.6 is 0 Å². The van der Waals surface area contributed by atoms with Gasteiger partial charge in [-0.1, -0.05) is 70.4 Å². The van der Waals surface area contributed by atoms with Gasteiger partial charge in [0.05, 0.1) is 6.10 Å². The second-order valence-electron chi connectivity index (χ2n) is 7.71. The molecule has 21 heavy (non-hydrogen) atoms. The van der Waals surface area contributed by atoms with E-state index in [1.165, 1.54) is 18.4 Å². The first-order valence-electron chi connectivity index (χ1n) is 8.45. The Hall–Kier alpha value is -0.860. The van der Waals surface area contributed by atoms with Crippen molar-refractivity contribution in [3.05, 3.63) is 35.9 Å². The molecule has 1 aromatic carbocycles. The van der Waals surface area contributed by atoms with Gasteiger partial charge in [-0.3, -0.25) is 0 Å². The summed E-state index contributed by atoms with van der Waals surface area (Å²) in [4.78, 5) is 0. The summed E-state index contributed by atoms with van der Waals surface area (Å²) in [7, 11) is 0. The van der Waals surface area contributed by atoms with Gasteiger partial charge in [-0.05, 0) is 30.2 Å². The predicted molar refractivity (Wildman–Crippen MR) is 89.3 cm³/mol. The summed E-state index contributed by atoms with van der Waals surface area (Å²) in [6, 6.07) is 11.2. The molecule has 0 aromatic heterocycles. The third kappa shape index (κ3) is 5.44. The fraction of sp³-hybridized carbons (Fsp3) is 0.684. The molecular weight excluding hydrogens is 258 g/mol. The van der Waals surface area contributed by atoms with E-state index < -0.39 is 0 Å². The molecule has 3 atom stereocenters. The monoisotopic (exact) mass is 289 g/mol. The fourth-order valence-electron chi connectivity index (χ4n) is 3.31. The summed E-state index contributed by atoms with van der Waals surface area (Å²) < 4.78 is 0. The molecule has 0 amide bonds. The molecule has 0 spiro atoms. The summed E-state index contributed by atoms with van der Waals surface area (Å²) in [5.74, 6) is 0. The van der Waals surface area contributed by atoms with Crippen molar-refractivity contribution >= 4 is 0 Å². The van der Waals surface area contributed by atoms with Crippen molar-refractivity contribution in [2.75, 3.05) is 0 Å². The molecule has 0 aliphatic heterocycles. The molecule has 2 N–H and O–H groups in total. The lowest BCUT2D eigenvalue weighted by atomic mass is 9.84. The van der Waals surface area contributed by atoms with Crippen LogP contribution in [-0.4, -0.2) is 17.3 Å². The molecule has 1 aromatic rings. The molecule has 0 radical (unpaired) electrons. The van der Waals surface area contributed by atoms with Crippen LogP contribution in [0.25, 0.3) is 0 Å². The molecule has 0 heterocycles. The minimum Gasteiger partial charge on any atom is -0.392 e. The number of aliphatic hydroxyl groups excluding tert-OH is 1. The molecule has 1 aliphatic carbocycles. The average Bonchev–Trinajstić information content (AvgIpc) is 2.63. The molecule has 1 aliphatic rings. The van der Waals surface area contributed by atoms with Crippen LogP contribution < -0.4 is 5.32 Å². The van der Waals surface area contributed by atoms with Gasteiger partial charge >= 0.3 is 0 Å². The van der Waals surface area contributed by atoms with Gasteiger partial charge in [0.15, 0.2) is 0 Å². The quantitative estimate of drug-likeness (QED) is 0.803. The van der Waals surface area contributed by atoms with Crippen LogP contribution in [0.2, 0.25) is 0 Å². The van der Waals surface area contributed by atoms with Gasteiger partial charge in [-0.25, -0.2) is 0 Å². The first kappa shape index (κ1) is 16.5. The van der Waals surface area contributed by atoms with Crippen LogP contribution in [0.1, 0.15) is 70.9 Å². The lowest BCUT2D eigenvalue weighted by Crippen LogP contribution is -2.42. The molecular formula is C19H31NO. The number of rotatable bonds is 4. The molecule has 0 bridgehead atoms. The van der Waals surface area contributed by atoms with Gasteiger partial charge in [0.25, 0.3) is 0 Å². The molecule has 1 fully saturated rings. The molecule has 2 heteroatoms. The Balaban J connectivity index is 2.11. The maximum atomic E-state index is 10.4. The zero-order valence-corrected chi connectivity index (χ0v) is 13.8. The second kappa shape index (κ2) is 7.42. The van der Waals surface area contributed by atoms with E-state index in [1.54, 1.807) is 0 Å². The third-order valence-corrected chi connectivity index (χ3v) is 4.41. The molecule has 0 saturated heterocycles. The van der Waals surface area contributed by atoms with Gasteiger partial charge in [-0.15, -0.1) is 0 Å². The van der Waals surface area contributed by atoms with Crippen molar-refractivity contribution in [1.82, 2.24) is 5.32 Å². The Bertz CT molecular complexity index is 409. The summed E-state index contributed by atoms with van der Waals surface area (Å²) in [5.41, 5.74) is 1.60. The minimum atomic E-state index is -0.196. The fourth-order valence-corrected chi connectivity index (χ4v) is 3.31. The van der Waals surface area contributed by atoms with Gasteiger partial charge < -0.3 is 10.4 Å². The SMILES string of the molecule is CC(C)(C)CC(NC1CCCCCC1O)c1ccccc1. The molecule has 2 nitrogen and oxygen atoms in total. The van der Waals surface area contributed by atoms with E-state index in [0.29, 0.717) is 6.04 Å². The van der Waals surface area contributed by atoms with E-state index in [2.05, 4.69) is 56.4 Å². The molecule has 3 unspecified atom stereocenters. The topological polar surface area (TPSA) is 32.3 Å². The maximum absolute atomic E-state index is 10.4. The Morgan fingerprint density at radius 2 is 1.76 bits per heavy atom. The Morgan fingerprint density at radius 3 is 2.43 bits per heavy atom. The standard InChI is InChI=1S/C19H31NO/c1-19(2,3)14-17(15-10-6-4-7-11-15)20-16-12-8-5-9-13-18(16)21/h4,6-7,10-11,16-18,20-21H,5,8-9,12-14H2,1-3H3. The average molecular weight is 289 g/mol. The highest BCUT2D eigenvalue weighted by Crippen LogP contribution is 2.31. The molecule has 118 valence electrons. The van der Waals surface area contributed by atoms with E-state index in [-0.39, 0.29) is 17.6 Å². The van der Waals surface area contributed by atoms with Crippen LogP contribution in [0.5, 0.6) is 0 Å². The van der Waals surface area contributed by atoms with Crippen molar-refractivity contribution in [2.45, 2.75) is 77.5 Å². The summed E-state index contributed by atoms with van der Waals surface area (Å²) >= 11 is 0. The normalized spacial score (nSPS) is 25.3. The summed E-state index contributed by atoms with van der Waals surface area (Å²) in [6.45, 7) is 6.86. The Kier molecular flexibility index (Phi) is 5.83. The number of hydrogen-bond acceptors (Lipinski definition) is 2. The lowest BCUT2D eigenvalue weighted by Gasteiger charge is -2.32. The van der Waals surface area contributed by atoms with Crippen LogP contribution in [0.15, 0.2) is 30.3 Å². The minimum absolute atomic E-state index is 0.196. The second-order valence-corrected chi connectivity index (χ2v) is 7.71. The highest BCUT2D eigenvalue weighted by molar-refractivity contribution is 5.19. The number of aliphatic hydroxyl groups is 1. The van der Waals surface area contributed by atoms with E-state index in [0.717, 1.165) is 25.7 Å². The van der Waals surface area contributed by atoms with Gasteiger partial charge in [0, 0.05) is 12.1 Å². The van der Waals surface area contributed by atoms with Gasteiger partial charge in [-0.2, -0.15) is 0 Å². The highest BCUT2D eigenvalue weighted by Gasteiger charge is 2.27. The zero-order valence-electron chi connectivity index (χ0n) is 13.8. The largest absolute Gasteiger partial charge is 0.392 e. The first-order chi connectivity index (χ1) is 9.96. The smallest absolute Gasteiger partial charge is 0.0693 e. The molecule has 1 saturated carbocycles. The van der Waals surface area contributed by atoms with Crippen LogP contribution in [0, 0.1) is 5.41 Å². The first-order valence-corrected chi connectivity index (χ1v) is 8.45. The Morgan fingerprint density at radius 1 is 1.10 bits per heavy atom. The summed E-state index contributed by atoms with van der Waals surface area (Å²) in [6.07, 6.45) is 6.56. The number of nitrogens with one attached hydrogen (secondary N) is 1. The Labute approximate surface area is 130 Å². The van der Waals surface area contributed by atoms with E-state index in [9.17, 15) is 5.11 Å². The zero-order chi connectivity index (χ0) is 15.3.